The Bertz CT molecular complexity index is 975. The van der Waals surface area contributed by atoms with Crippen molar-refractivity contribution in [3.63, 3.8) is 0 Å². The Morgan fingerprint density at radius 1 is 1.31 bits per heavy atom. The number of benzene rings is 1. The first-order chi connectivity index (χ1) is 13.5. The summed E-state index contributed by atoms with van der Waals surface area (Å²) in [7, 11) is 0. The van der Waals surface area contributed by atoms with Gasteiger partial charge >= 0.3 is 12.1 Å². The molecule has 1 amide bonds. The Morgan fingerprint density at radius 3 is 2.59 bits per heavy atom. The van der Waals surface area contributed by atoms with Crippen molar-refractivity contribution in [3.8, 4) is 17.0 Å². The fourth-order valence-corrected chi connectivity index (χ4v) is 2.77. The topological polar surface area (TPSA) is 101 Å². The van der Waals surface area contributed by atoms with Gasteiger partial charge in [-0.3, -0.25) is 9.79 Å². The molecule has 1 aliphatic heterocycles. The van der Waals surface area contributed by atoms with E-state index in [1.165, 1.54) is 18.3 Å². The van der Waals surface area contributed by atoms with Crippen molar-refractivity contribution in [2.24, 2.45) is 10.9 Å². The summed E-state index contributed by atoms with van der Waals surface area (Å²) < 4.78 is 65.2. The number of nitrogen functional groups attached to an aromatic ring is 1. The quantitative estimate of drug-likeness (QED) is 0.529. The number of hydrogen-bond donors (Lipinski definition) is 3. The molecule has 4 N–H and O–H groups in total. The van der Waals surface area contributed by atoms with Gasteiger partial charge in [-0.15, -0.1) is 0 Å². The number of alkyl halides is 5. The van der Waals surface area contributed by atoms with E-state index in [4.69, 9.17) is 5.73 Å². The Kier molecular flexibility index (Phi) is 5.16. The van der Waals surface area contributed by atoms with Crippen molar-refractivity contribution in [1.82, 2.24) is 10.3 Å². The van der Waals surface area contributed by atoms with Gasteiger partial charge in [0.15, 0.2) is 0 Å². The molecule has 1 aliphatic rings. The fraction of sp³-hybridized carbons (Fsp3) is 0.278. The monoisotopic (exact) mass is 414 g/mol. The van der Waals surface area contributed by atoms with Crippen molar-refractivity contribution >= 4 is 17.9 Å². The molecule has 1 saturated heterocycles. The number of phenolic OH excluding ortho intramolecular Hbond substituents is 1. The van der Waals surface area contributed by atoms with Crippen LogP contribution >= 0.6 is 0 Å². The van der Waals surface area contributed by atoms with Crippen LogP contribution in [-0.2, 0) is 11.0 Å². The largest absolute Gasteiger partial charge is 0.507 e. The first-order valence-corrected chi connectivity index (χ1v) is 8.33. The summed E-state index contributed by atoms with van der Waals surface area (Å²) in [4.78, 5) is 18.9. The molecule has 29 heavy (non-hydrogen) atoms. The number of rotatable bonds is 4. The van der Waals surface area contributed by atoms with E-state index >= 15 is 0 Å². The molecule has 2 aromatic rings. The number of carbonyl (C=O) groups is 1. The maximum atomic E-state index is 13.6. The number of phenols is 1. The molecule has 2 heterocycles. The van der Waals surface area contributed by atoms with Crippen molar-refractivity contribution in [1.29, 1.82) is 0 Å². The minimum absolute atomic E-state index is 0.0448. The number of anilines is 1. The van der Waals surface area contributed by atoms with Crippen LogP contribution < -0.4 is 11.1 Å². The van der Waals surface area contributed by atoms with E-state index in [-0.39, 0.29) is 30.2 Å². The van der Waals surface area contributed by atoms with Gasteiger partial charge in [-0.25, -0.2) is 4.98 Å². The zero-order valence-corrected chi connectivity index (χ0v) is 14.7. The number of nitrogens with one attached hydrogen (secondary N) is 1. The molecule has 0 bridgehead atoms. The Balaban J connectivity index is 1.76. The molecule has 1 aromatic heterocycles. The standard InChI is InChI=1S/C18H15F5N4O2/c19-17(20)11(8-26-16(17)29)7-25-6-9-1-4-13(27-15(9)24)12-3-2-10(5-14(12)28)18(21,22)23/h1-6,11,28H,7-8H2,(H2,24,27)(H,26,29). The second kappa shape index (κ2) is 7.30. The number of nitrogens with two attached hydrogens (primary N) is 1. The highest BCUT2D eigenvalue weighted by Crippen LogP contribution is 2.36. The van der Waals surface area contributed by atoms with E-state index in [0.717, 1.165) is 12.1 Å². The molecule has 1 unspecified atom stereocenters. The third kappa shape index (κ3) is 4.13. The maximum Gasteiger partial charge on any atom is 0.416 e. The van der Waals surface area contributed by atoms with Gasteiger partial charge in [-0.2, -0.15) is 22.0 Å². The number of aromatic nitrogens is 1. The minimum Gasteiger partial charge on any atom is -0.507 e. The summed E-state index contributed by atoms with van der Waals surface area (Å²) in [6.45, 7) is -0.504. The van der Waals surface area contributed by atoms with E-state index in [1.54, 1.807) is 0 Å². The van der Waals surface area contributed by atoms with E-state index in [2.05, 4.69) is 15.3 Å². The number of halogens is 5. The van der Waals surface area contributed by atoms with E-state index < -0.39 is 35.2 Å². The van der Waals surface area contributed by atoms with Crippen molar-refractivity contribution in [3.05, 3.63) is 41.5 Å². The summed E-state index contributed by atoms with van der Waals surface area (Å²) in [5.74, 6) is -6.78. The molecular weight excluding hydrogens is 399 g/mol. The summed E-state index contributed by atoms with van der Waals surface area (Å²) in [5.41, 5.74) is 5.26. The number of hydrogen-bond acceptors (Lipinski definition) is 5. The first-order valence-electron chi connectivity index (χ1n) is 8.33. The zero-order chi connectivity index (χ0) is 21.4. The number of amides is 1. The van der Waals surface area contributed by atoms with E-state index in [9.17, 15) is 31.9 Å². The van der Waals surface area contributed by atoms with Crippen molar-refractivity contribution in [2.45, 2.75) is 12.1 Å². The van der Waals surface area contributed by atoms with E-state index in [1.807, 2.05) is 0 Å². The van der Waals surface area contributed by atoms with Crippen LogP contribution in [0.2, 0.25) is 0 Å². The summed E-state index contributed by atoms with van der Waals surface area (Å²) in [6.07, 6.45) is -3.38. The van der Waals surface area contributed by atoms with Gasteiger partial charge in [0.2, 0.25) is 0 Å². The van der Waals surface area contributed by atoms with Gasteiger partial charge in [0.1, 0.15) is 11.6 Å². The molecule has 0 spiro atoms. The molecule has 6 nitrogen and oxygen atoms in total. The van der Waals surface area contributed by atoms with Crippen LogP contribution in [-0.4, -0.2) is 41.2 Å². The molecule has 0 saturated carbocycles. The third-order valence-corrected chi connectivity index (χ3v) is 4.44. The number of aliphatic imine (C=N–C) groups is 1. The maximum absolute atomic E-state index is 13.6. The Hall–Kier alpha value is -3.24. The van der Waals surface area contributed by atoms with Crippen molar-refractivity contribution in [2.75, 3.05) is 18.8 Å². The molecular formula is C18H15F5N4O2. The van der Waals surface area contributed by atoms with Crippen LogP contribution in [0.5, 0.6) is 5.75 Å². The summed E-state index contributed by atoms with van der Waals surface area (Å²) in [5, 5.41) is 12.0. The molecule has 11 heteroatoms. The molecule has 154 valence electrons. The van der Waals surface area contributed by atoms with E-state index in [0.29, 0.717) is 11.6 Å². The van der Waals surface area contributed by atoms with Gasteiger partial charge in [0.05, 0.1) is 17.2 Å². The number of carbonyl (C=O) groups excluding carboxylic acids is 1. The van der Waals surface area contributed by atoms with Gasteiger partial charge in [-0.1, -0.05) is 0 Å². The Morgan fingerprint density at radius 2 is 2.03 bits per heavy atom. The van der Waals surface area contributed by atoms with Crippen LogP contribution in [0, 0.1) is 5.92 Å². The molecule has 0 radical (unpaired) electrons. The molecule has 1 atom stereocenters. The third-order valence-electron chi connectivity index (χ3n) is 4.44. The average molecular weight is 414 g/mol. The van der Waals surface area contributed by atoms with Gasteiger partial charge in [0.25, 0.3) is 5.91 Å². The van der Waals surface area contributed by atoms with Crippen LogP contribution in [0.1, 0.15) is 11.1 Å². The second-order valence-electron chi connectivity index (χ2n) is 6.42. The fourth-order valence-electron chi connectivity index (χ4n) is 2.77. The summed E-state index contributed by atoms with van der Waals surface area (Å²) in [6, 6.07) is 5.29. The second-order valence-corrected chi connectivity index (χ2v) is 6.42. The number of aromatic hydroxyl groups is 1. The lowest BCUT2D eigenvalue weighted by atomic mass is 10.1. The number of nitrogens with zero attached hydrogens (tertiary/aromatic N) is 2. The lowest BCUT2D eigenvalue weighted by molar-refractivity contribution is -0.144. The highest BCUT2D eigenvalue weighted by atomic mass is 19.4. The van der Waals surface area contributed by atoms with Crippen LogP contribution in [0.3, 0.4) is 0 Å². The molecule has 0 aliphatic carbocycles. The minimum atomic E-state index is -4.60. The molecule has 1 fully saturated rings. The normalized spacial score (nSPS) is 18.9. The Labute approximate surface area is 161 Å². The average Bonchev–Trinajstić information content (AvgIpc) is 2.88. The van der Waals surface area contributed by atoms with Crippen molar-refractivity contribution < 1.29 is 31.9 Å². The van der Waals surface area contributed by atoms with Crippen LogP contribution in [0.25, 0.3) is 11.3 Å². The van der Waals surface area contributed by atoms with Crippen LogP contribution in [0.15, 0.2) is 35.3 Å². The zero-order valence-electron chi connectivity index (χ0n) is 14.7. The van der Waals surface area contributed by atoms with Gasteiger partial charge < -0.3 is 16.2 Å². The lowest BCUT2D eigenvalue weighted by Gasteiger charge is -2.13. The lowest BCUT2D eigenvalue weighted by Crippen LogP contribution is -2.34. The van der Waals surface area contributed by atoms with Gasteiger partial charge in [-0.05, 0) is 30.3 Å². The predicted octanol–water partition coefficient (Wildman–Crippen LogP) is 2.86. The summed E-state index contributed by atoms with van der Waals surface area (Å²) >= 11 is 0. The molecule has 3 rings (SSSR count). The number of pyridine rings is 1. The highest BCUT2D eigenvalue weighted by Gasteiger charge is 2.51. The predicted molar refractivity (Wildman–Crippen MR) is 94.7 cm³/mol. The highest BCUT2D eigenvalue weighted by molar-refractivity contribution is 5.87. The van der Waals surface area contributed by atoms with Crippen LogP contribution in [0.4, 0.5) is 27.8 Å². The first kappa shape index (κ1) is 20.5. The SMILES string of the molecule is Nc1nc(-c2ccc(C(F)(F)F)cc2O)ccc1C=NCC1CNC(=O)C1(F)F. The smallest absolute Gasteiger partial charge is 0.416 e. The van der Waals surface area contributed by atoms with Gasteiger partial charge in [0, 0.05) is 30.4 Å². The molecule has 1 aromatic carbocycles.